The summed E-state index contributed by atoms with van der Waals surface area (Å²) >= 11 is 0. The topological polar surface area (TPSA) is 80.5 Å². The molecule has 0 spiro atoms. The SMILES string of the molecule is Cc1ccc([N+](=O)[O-])cc1N1C(=O)CC(c2ccc(C(F)(F)F)cc2)C2=C1CC(C)(C)CC2=O. The van der Waals surface area contributed by atoms with E-state index in [2.05, 4.69) is 0 Å². The number of carbonyl (C=O) groups is 2. The number of halogens is 3. The molecule has 0 bridgehead atoms. The standard InChI is InChI=1S/C25H23F3N2O4/c1-14-4-9-17(30(33)34)10-19(14)29-20-12-24(2,3)13-21(31)23(20)18(11-22(29)32)15-5-7-16(8-6-15)25(26,27)28/h4-10,18H,11-13H2,1-3H3. The largest absolute Gasteiger partial charge is 0.416 e. The van der Waals surface area contributed by atoms with Crippen LogP contribution in [0.4, 0.5) is 24.5 Å². The van der Waals surface area contributed by atoms with Crippen LogP contribution in [0.3, 0.4) is 0 Å². The van der Waals surface area contributed by atoms with Crippen molar-refractivity contribution in [1.82, 2.24) is 0 Å². The van der Waals surface area contributed by atoms with Crippen LogP contribution in [0.5, 0.6) is 0 Å². The van der Waals surface area contributed by atoms with E-state index in [-0.39, 0.29) is 30.2 Å². The Balaban J connectivity index is 1.88. The first-order chi connectivity index (χ1) is 15.8. The first-order valence-electron chi connectivity index (χ1n) is 10.8. The van der Waals surface area contributed by atoms with Crippen molar-refractivity contribution in [3.8, 4) is 0 Å². The van der Waals surface area contributed by atoms with Crippen LogP contribution in [-0.2, 0) is 15.8 Å². The van der Waals surface area contributed by atoms with E-state index in [1.807, 2.05) is 13.8 Å². The lowest BCUT2D eigenvalue weighted by Gasteiger charge is -2.43. The highest BCUT2D eigenvalue weighted by molar-refractivity contribution is 6.08. The van der Waals surface area contributed by atoms with Gasteiger partial charge in [0.15, 0.2) is 5.78 Å². The maximum Gasteiger partial charge on any atom is 0.416 e. The number of nitrogens with zero attached hydrogens (tertiary/aromatic N) is 2. The second-order valence-corrected chi connectivity index (χ2v) is 9.63. The van der Waals surface area contributed by atoms with Gasteiger partial charge in [0, 0.05) is 42.2 Å². The highest BCUT2D eigenvalue weighted by atomic mass is 19.4. The van der Waals surface area contributed by atoms with E-state index in [9.17, 15) is 32.9 Å². The molecular weight excluding hydrogens is 449 g/mol. The maximum absolute atomic E-state index is 13.4. The second-order valence-electron chi connectivity index (χ2n) is 9.63. The Morgan fingerprint density at radius 2 is 1.71 bits per heavy atom. The molecule has 0 N–H and O–H groups in total. The molecule has 178 valence electrons. The van der Waals surface area contributed by atoms with Crippen LogP contribution in [0.1, 0.15) is 55.7 Å². The number of nitro benzene ring substituents is 1. The zero-order valence-electron chi connectivity index (χ0n) is 18.9. The van der Waals surface area contributed by atoms with Crippen LogP contribution >= 0.6 is 0 Å². The van der Waals surface area contributed by atoms with Crippen LogP contribution < -0.4 is 4.90 Å². The fourth-order valence-electron chi connectivity index (χ4n) is 4.84. The highest BCUT2D eigenvalue weighted by Gasteiger charge is 2.45. The summed E-state index contributed by atoms with van der Waals surface area (Å²) < 4.78 is 39.1. The van der Waals surface area contributed by atoms with Gasteiger partial charge in [-0.1, -0.05) is 32.0 Å². The number of hydrogen-bond acceptors (Lipinski definition) is 4. The van der Waals surface area contributed by atoms with E-state index in [0.29, 0.717) is 34.5 Å². The molecule has 1 aliphatic carbocycles. The average molecular weight is 472 g/mol. The molecule has 34 heavy (non-hydrogen) atoms. The Morgan fingerprint density at radius 3 is 2.29 bits per heavy atom. The summed E-state index contributed by atoms with van der Waals surface area (Å²) in [6, 6.07) is 8.76. The lowest BCUT2D eigenvalue weighted by molar-refractivity contribution is -0.384. The van der Waals surface area contributed by atoms with Gasteiger partial charge in [0.2, 0.25) is 5.91 Å². The van der Waals surface area contributed by atoms with E-state index < -0.39 is 28.0 Å². The molecule has 1 atom stereocenters. The summed E-state index contributed by atoms with van der Waals surface area (Å²) in [5.41, 5.74) is 0.843. The van der Waals surface area contributed by atoms with Crippen molar-refractivity contribution >= 4 is 23.1 Å². The van der Waals surface area contributed by atoms with Crippen molar-refractivity contribution in [3.05, 3.63) is 80.5 Å². The van der Waals surface area contributed by atoms with Gasteiger partial charge in [-0.05, 0) is 42.0 Å². The number of alkyl halides is 3. The number of non-ortho nitro benzene ring substituents is 1. The van der Waals surface area contributed by atoms with Crippen molar-refractivity contribution in [2.75, 3.05) is 4.90 Å². The van der Waals surface area contributed by atoms with E-state index in [0.717, 1.165) is 12.1 Å². The molecule has 1 heterocycles. The quantitative estimate of drug-likeness (QED) is 0.400. The number of anilines is 1. The zero-order chi connectivity index (χ0) is 25.0. The van der Waals surface area contributed by atoms with Crippen molar-refractivity contribution in [3.63, 3.8) is 0 Å². The van der Waals surface area contributed by atoms with Crippen LogP contribution in [0.15, 0.2) is 53.7 Å². The number of ketones is 1. The summed E-state index contributed by atoms with van der Waals surface area (Å²) in [6.45, 7) is 5.53. The minimum absolute atomic E-state index is 0.126. The van der Waals surface area contributed by atoms with Gasteiger partial charge in [-0.2, -0.15) is 13.2 Å². The van der Waals surface area contributed by atoms with Crippen molar-refractivity contribution < 1.29 is 27.7 Å². The predicted molar refractivity (Wildman–Crippen MR) is 119 cm³/mol. The zero-order valence-corrected chi connectivity index (χ0v) is 18.9. The third-order valence-corrected chi connectivity index (χ3v) is 6.43. The number of benzene rings is 2. The van der Waals surface area contributed by atoms with Crippen molar-refractivity contribution in [2.24, 2.45) is 5.41 Å². The number of hydrogen-bond donors (Lipinski definition) is 0. The fraction of sp³-hybridized carbons (Fsp3) is 0.360. The number of amides is 1. The second kappa shape index (κ2) is 8.07. The molecule has 0 radical (unpaired) electrons. The van der Waals surface area contributed by atoms with Crippen LogP contribution in [0.25, 0.3) is 0 Å². The Morgan fingerprint density at radius 1 is 1.06 bits per heavy atom. The highest BCUT2D eigenvalue weighted by Crippen LogP contribution is 2.49. The normalized spacial score (nSPS) is 20.4. The van der Waals surface area contributed by atoms with Gasteiger partial charge in [-0.15, -0.1) is 0 Å². The number of Topliss-reactive ketones (excluding diaryl/α,β-unsaturated/α-hetero) is 1. The summed E-state index contributed by atoms with van der Waals surface area (Å²) in [5, 5.41) is 11.4. The third kappa shape index (κ3) is 4.22. The first-order valence-corrected chi connectivity index (χ1v) is 10.8. The molecule has 9 heteroatoms. The van der Waals surface area contributed by atoms with Crippen molar-refractivity contribution in [1.29, 1.82) is 0 Å². The maximum atomic E-state index is 13.4. The molecule has 2 aliphatic rings. The molecule has 1 unspecified atom stereocenters. The van der Waals surface area contributed by atoms with E-state index in [1.165, 1.54) is 29.2 Å². The van der Waals surface area contributed by atoms with Gasteiger partial charge in [0.1, 0.15) is 0 Å². The Labute approximate surface area is 194 Å². The summed E-state index contributed by atoms with van der Waals surface area (Å²) in [7, 11) is 0. The number of aryl methyl sites for hydroxylation is 1. The molecule has 0 fully saturated rings. The monoisotopic (exact) mass is 472 g/mol. The van der Waals surface area contributed by atoms with E-state index in [1.54, 1.807) is 13.0 Å². The number of nitro groups is 1. The van der Waals surface area contributed by atoms with Gasteiger partial charge in [-0.3, -0.25) is 24.6 Å². The lowest BCUT2D eigenvalue weighted by atomic mass is 9.69. The minimum atomic E-state index is -4.49. The molecular formula is C25H23F3N2O4. The molecule has 6 nitrogen and oxygen atoms in total. The molecule has 0 aromatic heterocycles. The van der Waals surface area contributed by atoms with Crippen molar-refractivity contribution in [2.45, 2.75) is 52.1 Å². The van der Waals surface area contributed by atoms with Gasteiger partial charge in [-0.25, -0.2) is 0 Å². The third-order valence-electron chi connectivity index (χ3n) is 6.43. The Kier molecular flexibility index (Phi) is 5.62. The minimum Gasteiger partial charge on any atom is -0.294 e. The molecule has 4 rings (SSSR count). The van der Waals surface area contributed by atoms with Gasteiger partial charge in [0.05, 0.1) is 16.2 Å². The van der Waals surface area contributed by atoms with Gasteiger partial charge < -0.3 is 0 Å². The molecule has 0 saturated carbocycles. The van der Waals surface area contributed by atoms with E-state index in [4.69, 9.17) is 0 Å². The molecule has 2 aromatic carbocycles. The van der Waals surface area contributed by atoms with E-state index >= 15 is 0 Å². The molecule has 0 saturated heterocycles. The summed E-state index contributed by atoms with van der Waals surface area (Å²) in [4.78, 5) is 39.0. The van der Waals surface area contributed by atoms with Gasteiger partial charge >= 0.3 is 6.18 Å². The molecule has 2 aromatic rings. The Bertz CT molecular complexity index is 1230. The van der Waals surface area contributed by atoms with Crippen LogP contribution in [0, 0.1) is 22.5 Å². The van der Waals surface area contributed by atoms with Gasteiger partial charge in [0.25, 0.3) is 5.69 Å². The van der Waals surface area contributed by atoms with Crippen LogP contribution in [-0.4, -0.2) is 16.6 Å². The Hall–Kier alpha value is -3.49. The average Bonchev–Trinajstić information content (AvgIpc) is 2.72. The lowest BCUT2D eigenvalue weighted by Crippen LogP contribution is -2.44. The first kappa shape index (κ1) is 23.7. The molecule has 1 amide bonds. The number of allylic oxidation sites excluding steroid dienone is 2. The predicted octanol–water partition coefficient (Wildman–Crippen LogP) is 6.09. The number of carbonyl (C=O) groups excluding carboxylic acids is 2. The molecule has 1 aliphatic heterocycles. The summed E-state index contributed by atoms with van der Waals surface area (Å²) in [6.07, 6.45) is -4.01. The number of rotatable bonds is 3. The smallest absolute Gasteiger partial charge is 0.294 e. The van der Waals surface area contributed by atoms with Crippen LogP contribution in [0.2, 0.25) is 0 Å². The fourth-order valence-corrected chi connectivity index (χ4v) is 4.84. The summed E-state index contributed by atoms with van der Waals surface area (Å²) in [5.74, 6) is -1.21.